The summed E-state index contributed by atoms with van der Waals surface area (Å²) in [7, 11) is 1.57. The topological polar surface area (TPSA) is 74.2 Å². The molecule has 0 aromatic heterocycles. The molecule has 0 saturated heterocycles. The molecule has 0 aliphatic rings. The second-order valence-electron chi connectivity index (χ2n) is 6.91. The Labute approximate surface area is 178 Å². The largest absolute Gasteiger partial charge is 0.497 e. The van der Waals surface area contributed by atoms with Gasteiger partial charge in [-0.1, -0.05) is 26.7 Å². The molecule has 0 bridgehead atoms. The van der Waals surface area contributed by atoms with Gasteiger partial charge in [0.05, 0.1) is 32.5 Å². The molecule has 1 N–H and O–H groups in total. The van der Waals surface area contributed by atoms with E-state index in [0.717, 1.165) is 25.7 Å². The van der Waals surface area contributed by atoms with Crippen molar-refractivity contribution in [2.24, 2.45) is 0 Å². The molecule has 0 heterocycles. The van der Waals surface area contributed by atoms with Gasteiger partial charge in [-0.05, 0) is 37.1 Å². The second kappa shape index (κ2) is 12.8. The van der Waals surface area contributed by atoms with E-state index >= 15 is 0 Å². The van der Waals surface area contributed by atoms with Crippen molar-refractivity contribution >= 4 is 5.78 Å². The standard InChI is InChI=1S/C24H32O6/c1-4-6-12-28-20-9-8-18(16-25)23(15-20)30-17-22(26)21-11-10-19(27-3)14-24(21)29-13-7-5-2/h8-11,14-15,25H,4-7,12-13,16-17H2,1-3H3. The van der Waals surface area contributed by atoms with E-state index in [4.69, 9.17) is 18.9 Å². The number of rotatable bonds is 14. The third-order valence-electron chi connectivity index (χ3n) is 4.58. The predicted octanol–water partition coefficient (Wildman–Crippen LogP) is 4.81. The minimum Gasteiger partial charge on any atom is -0.497 e. The smallest absolute Gasteiger partial charge is 0.203 e. The molecule has 164 valence electrons. The van der Waals surface area contributed by atoms with Crippen molar-refractivity contribution in [3.63, 3.8) is 0 Å². The van der Waals surface area contributed by atoms with E-state index in [-0.39, 0.29) is 19.0 Å². The third-order valence-corrected chi connectivity index (χ3v) is 4.58. The SMILES string of the molecule is CCCCOc1ccc(CO)c(OCC(=O)c2ccc(OC)cc2OCCCC)c1. The predicted molar refractivity (Wildman–Crippen MR) is 116 cm³/mol. The van der Waals surface area contributed by atoms with Crippen molar-refractivity contribution < 1.29 is 28.8 Å². The molecule has 0 amide bonds. The lowest BCUT2D eigenvalue weighted by atomic mass is 10.1. The molecule has 0 atom stereocenters. The molecule has 0 aliphatic heterocycles. The number of hydrogen-bond donors (Lipinski definition) is 1. The van der Waals surface area contributed by atoms with Gasteiger partial charge in [0.1, 0.15) is 23.0 Å². The van der Waals surface area contributed by atoms with Gasteiger partial charge in [-0.3, -0.25) is 4.79 Å². The van der Waals surface area contributed by atoms with E-state index in [1.165, 1.54) is 0 Å². The van der Waals surface area contributed by atoms with Gasteiger partial charge in [0.25, 0.3) is 0 Å². The molecule has 2 aromatic carbocycles. The van der Waals surface area contributed by atoms with Crippen molar-refractivity contribution in [1.82, 2.24) is 0 Å². The van der Waals surface area contributed by atoms with Gasteiger partial charge < -0.3 is 24.1 Å². The molecule has 2 rings (SSSR count). The van der Waals surface area contributed by atoms with Crippen LogP contribution in [0.2, 0.25) is 0 Å². The molecule has 6 nitrogen and oxygen atoms in total. The Morgan fingerprint density at radius 2 is 1.53 bits per heavy atom. The number of benzene rings is 2. The van der Waals surface area contributed by atoms with Gasteiger partial charge in [0, 0.05) is 17.7 Å². The lowest BCUT2D eigenvalue weighted by Gasteiger charge is -2.14. The van der Waals surface area contributed by atoms with Gasteiger partial charge >= 0.3 is 0 Å². The van der Waals surface area contributed by atoms with Crippen molar-refractivity contribution in [2.75, 3.05) is 26.9 Å². The number of unbranched alkanes of at least 4 members (excludes halogenated alkanes) is 2. The first-order valence-electron chi connectivity index (χ1n) is 10.5. The summed E-state index contributed by atoms with van der Waals surface area (Å²) in [6, 6.07) is 10.4. The van der Waals surface area contributed by atoms with Gasteiger partial charge in [0.2, 0.25) is 5.78 Å². The van der Waals surface area contributed by atoms with Crippen LogP contribution in [0.3, 0.4) is 0 Å². The Morgan fingerprint density at radius 3 is 2.20 bits per heavy atom. The number of ketones is 1. The first-order chi connectivity index (χ1) is 14.6. The molecular formula is C24H32O6. The van der Waals surface area contributed by atoms with Gasteiger partial charge in [-0.25, -0.2) is 0 Å². The Kier molecular flexibility index (Phi) is 10.0. The number of aliphatic hydroxyl groups is 1. The van der Waals surface area contributed by atoms with E-state index in [2.05, 4.69) is 13.8 Å². The molecule has 30 heavy (non-hydrogen) atoms. The Morgan fingerprint density at radius 1 is 0.867 bits per heavy atom. The summed E-state index contributed by atoms with van der Waals surface area (Å²) in [5.74, 6) is 1.97. The Balaban J connectivity index is 2.11. The maximum atomic E-state index is 12.8. The molecule has 0 aliphatic carbocycles. The van der Waals surface area contributed by atoms with Crippen LogP contribution in [-0.2, 0) is 6.61 Å². The van der Waals surface area contributed by atoms with Crippen LogP contribution in [0.15, 0.2) is 36.4 Å². The zero-order valence-electron chi connectivity index (χ0n) is 18.1. The minimum atomic E-state index is -0.217. The molecule has 0 fully saturated rings. The second-order valence-corrected chi connectivity index (χ2v) is 6.91. The van der Waals surface area contributed by atoms with Crippen molar-refractivity contribution in [2.45, 2.75) is 46.1 Å². The zero-order valence-corrected chi connectivity index (χ0v) is 18.1. The summed E-state index contributed by atoms with van der Waals surface area (Å²) in [4.78, 5) is 12.8. The number of Topliss-reactive ketones (excluding diaryl/α,β-unsaturated/α-hetero) is 1. The third kappa shape index (κ3) is 6.95. The summed E-state index contributed by atoms with van der Waals surface area (Å²) in [6.45, 7) is 4.94. The van der Waals surface area contributed by atoms with Gasteiger partial charge in [-0.2, -0.15) is 0 Å². The van der Waals surface area contributed by atoms with Gasteiger partial charge in [-0.15, -0.1) is 0 Å². The Hall–Kier alpha value is -2.73. The van der Waals surface area contributed by atoms with Crippen molar-refractivity contribution in [1.29, 1.82) is 0 Å². The fourth-order valence-corrected chi connectivity index (χ4v) is 2.75. The average Bonchev–Trinajstić information content (AvgIpc) is 2.77. The van der Waals surface area contributed by atoms with Crippen LogP contribution in [0.4, 0.5) is 0 Å². The van der Waals surface area contributed by atoms with Crippen molar-refractivity contribution in [3.05, 3.63) is 47.5 Å². The molecule has 0 radical (unpaired) electrons. The number of carbonyl (C=O) groups excluding carboxylic acids is 1. The number of aliphatic hydroxyl groups excluding tert-OH is 1. The number of carbonyl (C=O) groups is 1. The number of ether oxygens (including phenoxy) is 4. The molecule has 0 spiro atoms. The van der Waals surface area contributed by atoms with Crippen LogP contribution in [0.1, 0.15) is 55.5 Å². The van der Waals surface area contributed by atoms with E-state index in [1.807, 2.05) is 0 Å². The molecule has 2 aromatic rings. The summed E-state index contributed by atoms with van der Waals surface area (Å²) >= 11 is 0. The quantitative estimate of drug-likeness (QED) is 0.352. The number of methoxy groups -OCH3 is 1. The highest BCUT2D eigenvalue weighted by molar-refractivity contribution is 6.00. The van der Waals surface area contributed by atoms with Crippen LogP contribution < -0.4 is 18.9 Å². The lowest BCUT2D eigenvalue weighted by Crippen LogP contribution is -2.14. The summed E-state index contributed by atoms with van der Waals surface area (Å²) in [6.07, 6.45) is 3.88. The molecule has 0 unspecified atom stereocenters. The van der Waals surface area contributed by atoms with Crippen LogP contribution in [0, 0.1) is 0 Å². The van der Waals surface area contributed by atoms with Gasteiger partial charge in [0.15, 0.2) is 6.61 Å². The normalized spacial score (nSPS) is 10.5. The fraction of sp³-hybridized carbons (Fsp3) is 0.458. The minimum absolute atomic E-state index is 0.179. The highest BCUT2D eigenvalue weighted by Crippen LogP contribution is 2.28. The summed E-state index contributed by atoms with van der Waals surface area (Å²) < 4.78 is 22.5. The van der Waals surface area contributed by atoms with E-state index in [9.17, 15) is 9.90 Å². The number of hydrogen-bond acceptors (Lipinski definition) is 6. The van der Waals surface area contributed by atoms with Crippen LogP contribution in [0.25, 0.3) is 0 Å². The molecule has 6 heteroatoms. The first kappa shape index (κ1) is 23.5. The molecular weight excluding hydrogens is 384 g/mol. The zero-order chi connectivity index (χ0) is 21.8. The van der Waals surface area contributed by atoms with E-state index in [1.54, 1.807) is 43.5 Å². The average molecular weight is 417 g/mol. The maximum absolute atomic E-state index is 12.8. The lowest BCUT2D eigenvalue weighted by molar-refractivity contribution is 0.0915. The van der Waals surface area contributed by atoms with Crippen LogP contribution >= 0.6 is 0 Å². The van der Waals surface area contributed by atoms with E-state index < -0.39 is 0 Å². The highest BCUT2D eigenvalue weighted by atomic mass is 16.5. The summed E-state index contributed by atoms with van der Waals surface area (Å²) in [5.41, 5.74) is 1.03. The monoisotopic (exact) mass is 416 g/mol. The van der Waals surface area contributed by atoms with Crippen LogP contribution in [-0.4, -0.2) is 37.8 Å². The summed E-state index contributed by atoms with van der Waals surface area (Å²) in [5, 5.41) is 9.59. The first-order valence-corrected chi connectivity index (χ1v) is 10.5. The highest BCUT2D eigenvalue weighted by Gasteiger charge is 2.16. The molecule has 0 saturated carbocycles. The Bertz CT molecular complexity index is 802. The van der Waals surface area contributed by atoms with E-state index in [0.29, 0.717) is 47.3 Å². The fourth-order valence-electron chi connectivity index (χ4n) is 2.75. The van der Waals surface area contributed by atoms with Crippen molar-refractivity contribution in [3.8, 4) is 23.0 Å². The van der Waals surface area contributed by atoms with Crippen LogP contribution in [0.5, 0.6) is 23.0 Å². The maximum Gasteiger partial charge on any atom is 0.203 e.